The molecule has 1 aromatic carbocycles. The number of aliphatic hydroxyl groups is 3. The Morgan fingerprint density at radius 2 is 1.87 bits per heavy atom. The summed E-state index contributed by atoms with van der Waals surface area (Å²) in [7, 11) is 0. The van der Waals surface area contributed by atoms with Gasteiger partial charge in [0.05, 0.1) is 16.5 Å². The number of carbonyl (C=O) groups excluding carboxylic acids is 2. The largest absolute Gasteiger partial charge is 1.00 e. The quantitative estimate of drug-likeness (QED) is 0.182. The number of carboxylic acid groups (broad SMARTS) is 1. The molecule has 5 atom stereocenters. The number of hydrogen-bond donors (Lipinski definition) is 4. The van der Waals surface area contributed by atoms with Crippen molar-refractivity contribution in [3.63, 3.8) is 0 Å². The van der Waals surface area contributed by atoms with Gasteiger partial charge < -0.3 is 34.7 Å². The van der Waals surface area contributed by atoms with Crippen LogP contribution in [0, 0.1) is 10.1 Å². The third-order valence-electron chi connectivity index (χ3n) is 4.07. The van der Waals surface area contributed by atoms with E-state index in [0.29, 0.717) is 11.3 Å². The predicted octanol–water partition coefficient (Wildman–Crippen LogP) is -4.76. The number of amides is 1. The van der Waals surface area contributed by atoms with E-state index in [1.54, 1.807) is 0 Å². The molecule has 1 saturated heterocycles. The minimum Gasteiger partial charge on any atom is -0.547 e. The number of para-hydroxylation sites is 1. The SMILES string of the molecule is O=C(Nc1ncc([N+](=O)[O-])s1)c1ccccc1OC1OC(C(=O)[O-])C(O)C(O)C1O.[Na+]. The van der Waals surface area contributed by atoms with Crippen molar-refractivity contribution in [3.05, 3.63) is 46.1 Å². The van der Waals surface area contributed by atoms with E-state index >= 15 is 0 Å². The van der Waals surface area contributed by atoms with Crippen molar-refractivity contribution in [3.8, 4) is 5.75 Å². The van der Waals surface area contributed by atoms with Crippen LogP contribution in [0.5, 0.6) is 5.75 Å². The fraction of sp³-hybridized carbons (Fsp3) is 0.312. The molecule has 1 amide bonds. The van der Waals surface area contributed by atoms with Crippen LogP contribution in [0.2, 0.25) is 0 Å². The Balaban J connectivity index is 0.00000341. The smallest absolute Gasteiger partial charge is 0.547 e. The van der Waals surface area contributed by atoms with Gasteiger partial charge in [-0.25, -0.2) is 4.98 Å². The first-order chi connectivity index (χ1) is 14.2. The van der Waals surface area contributed by atoms with E-state index in [2.05, 4.69) is 10.3 Å². The van der Waals surface area contributed by atoms with Gasteiger partial charge in [0, 0.05) is 0 Å². The Kier molecular flexibility index (Phi) is 8.44. The van der Waals surface area contributed by atoms with Crippen LogP contribution in [-0.4, -0.2) is 67.8 Å². The van der Waals surface area contributed by atoms with Gasteiger partial charge >= 0.3 is 34.6 Å². The number of aromatic nitrogens is 1. The molecule has 3 rings (SSSR count). The molecule has 0 bridgehead atoms. The molecule has 2 aromatic rings. The molecule has 1 fully saturated rings. The molecule has 15 heteroatoms. The second kappa shape index (κ2) is 10.4. The molecule has 0 saturated carbocycles. The number of ether oxygens (including phenoxy) is 2. The minimum atomic E-state index is -1.98. The van der Waals surface area contributed by atoms with Crippen molar-refractivity contribution in [2.45, 2.75) is 30.7 Å². The number of aliphatic hydroxyl groups excluding tert-OH is 3. The maximum absolute atomic E-state index is 12.5. The van der Waals surface area contributed by atoms with Crippen molar-refractivity contribution in [1.82, 2.24) is 4.98 Å². The zero-order valence-electron chi connectivity index (χ0n) is 15.8. The summed E-state index contributed by atoms with van der Waals surface area (Å²) < 4.78 is 10.3. The van der Waals surface area contributed by atoms with Gasteiger partial charge in [0.25, 0.3) is 5.91 Å². The van der Waals surface area contributed by atoms with Crippen molar-refractivity contribution in [1.29, 1.82) is 0 Å². The fourth-order valence-electron chi connectivity index (χ4n) is 2.59. The van der Waals surface area contributed by atoms with E-state index in [4.69, 9.17) is 9.47 Å². The van der Waals surface area contributed by atoms with Gasteiger partial charge in [0.2, 0.25) is 6.29 Å². The third-order valence-corrected chi connectivity index (χ3v) is 4.94. The van der Waals surface area contributed by atoms with Crippen molar-refractivity contribution in [2.24, 2.45) is 0 Å². The first kappa shape index (κ1) is 25.1. The standard InChI is InChI=1S/C16H15N3O10S.Na/c20-9-10(21)12(14(24)25)29-15(11(9)22)28-7-4-2-1-3-6(7)13(23)18-16-17-5-8(30-16)19(26)27;/h1-5,9-12,15,20-22H,(H,24,25)(H,17,18,23);/q;+1/p-1. The van der Waals surface area contributed by atoms with Gasteiger partial charge in [0.1, 0.15) is 36.4 Å². The number of benzene rings is 1. The van der Waals surface area contributed by atoms with E-state index < -0.39 is 47.5 Å². The Labute approximate surface area is 199 Å². The van der Waals surface area contributed by atoms with E-state index in [0.717, 1.165) is 6.20 Å². The van der Waals surface area contributed by atoms with Gasteiger partial charge in [-0.15, -0.1) is 0 Å². The maximum Gasteiger partial charge on any atom is 1.00 e. The Bertz CT molecular complexity index is 973. The normalized spacial score (nSPS) is 25.2. The van der Waals surface area contributed by atoms with Crippen LogP contribution >= 0.6 is 11.3 Å². The predicted molar refractivity (Wildman–Crippen MR) is 95.5 cm³/mol. The topological polar surface area (TPSA) is 204 Å². The monoisotopic (exact) mass is 463 g/mol. The van der Waals surface area contributed by atoms with Crippen LogP contribution < -0.4 is 44.7 Å². The molecule has 13 nitrogen and oxygen atoms in total. The number of thiazole rings is 1. The minimum absolute atomic E-state index is 0. The van der Waals surface area contributed by atoms with Crippen molar-refractivity contribution >= 4 is 33.3 Å². The maximum atomic E-state index is 12.5. The average Bonchev–Trinajstić information content (AvgIpc) is 3.17. The van der Waals surface area contributed by atoms with E-state index in [-0.39, 0.29) is 51.0 Å². The molecule has 5 unspecified atom stereocenters. The van der Waals surface area contributed by atoms with Gasteiger partial charge in [-0.3, -0.25) is 20.2 Å². The summed E-state index contributed by atoms with van der Waals surface area (Å²) in [6.45, 7) is 0. The second-order valence-corrected chi connectivity index (χ2v) is 7.05. The van der Waals surface area contributed by atoms with Gasteiger partial charge in [-0.2, -0.15) is 0 Å². The zero-order valence-corrected chi connectivity index (χ0v) is 18.6. The molecule has 4 N–H and O–H groups in total. The van der Waals surface area contributed by atoms with Gasteiger partial charge in [-0.1, -0.05) is 12.1 Å². The molecular formula is C16H14N3NaO10S. The number of rotatable bonds is 6. The van der Waals surface area contributed by atoms with Crippen LogP contribution in [0.1, 0.15) is 10.4 Å². The molecule has 0 aliphatic carbocycles. The summed E-state index contributed by atoms with van der Waals surface area (Å²) >= 11 is 0.629. The van der Waals surface area contributed by atoms with Crippen LogP contribution in [-0.2, 0) is 9.53 Å². The van der Waals surface area contributed by atoms with Crippen LogP contribution in [0.15, 0.2) is 30.5 Å². The number of nitrogens with one attached hydrogen (secondary N) is 1. The number of carbonyl (C=O) groups is 2. The molecule has 1 aliphatic heterocycles. The zero-order chi connectivity index (χ0) is 22.0. The summed E-state index contributed by atoms with van der Waals surface area (Å²) in [5.74, 6) is -2.76. The van der Waals surface area contributed by atoms with Gasteiger partial charge in [-0.05, 0) is 23.5 Å². The molecule has 2 heterocycles. The summed E-state index contributed by atoms with van der Waals surface area (Å²) in [5.41, 5.74) is -0.100. The summed E-state index contributed by atoms with van der Waals surface area (Å²) in [5, 5.41) is 53.4. The fourth-order valence-corrected chi connectivity index (χ4v) is 3.22. The van der Waals surface area contributed by atoms with E-state index in [1.165, 1.54) is 24.3 Å². The number of hydrogen-bond acceptors (Lipinski definition) is 12. The number of anilines is 1. The molecule has 1 aliphatic rings. The van der Waals surface area contributed by atoms with Crippen molar-refractivity contribution < 1.29 is 74.0 Å². The number of nitrogens with zero attached hydrogens (tertiary/aromatic N) is 2. The number of aliphatic carboxylic acids is 1. The van der Waals surface area contributed by atoms with Gasteiger partial charge in [0.15, 0.2) is 5.13 Å². The summed E-state index contributed by atoms with van der Waals surface area (Å²) in [6.07, 6.45) is -8.46. The van der Waals surface area contributed by atoms with Crippen LogP contribution in [0.4, 0.5) is 10.1 Å². The molecule has 1 aromatic heterocycles. The Morgan fingerprint density at radius 3 is 2.48 bits per heavy atom. The molecule has 160 valence electrons. The summed E-state index contributed by atoms with van der Waals surface area (Å²) in [4.78, 5) is 37.4. The Hall–Kier alpha value is -2.17. The third kappa shape index (κ3) is 5.55. The van der Waals surface area contributed by atoms with Crippen LogP contribution in [0.3, 0.4) is 0 Å². The van der Waals surface area contributed by atoms with E-state index in [1.807, 2.05) is 0 Å². The first-order valence-corrected chi connectivity index (χ1v) is 9.08. The number of carboxylic acids is 1. The average molecular weight is 463 g/mol. The summed E-state index contributed by atoms with van der Waals surface area (Å²) in [6, 6.07) is 5.58. The van der Waals surface area contributed by atoms with E-state index in [9.17, 15) is 40.1 Å². The molecule has 0 spiro atoms. The molecular weight excluding hydrogens is 449 g/mol. The first-order valence-electron chi connectivity index (χ1n) is 8.27. The molecule has 31 heavy (non-hydrogen) atoms. The van der Waals surface area contributed by atoms with Crippen LogP contribution in [0.25, 0.3) is 0 Å². The molecule has 0 radical (unpaired) electrons. The number of nitro groups is 1. The van der Waals surface area contributed by atoms with Crippen molar-refractivity contribution in [2.75, 3.05) is 5.32 Å². The second-order valence-electron chi connectivity index (χ2n) is 6.04. The Morgan fingerprint density at radius 1 is 1.19 bits per heavy atom.